The lowest BCUT2D eigenvalue weighted by Crippen LogP contribution is -2.46. The molecule has 0 unspecified atom stereocenters. The van der Waals surface area contributed by atoms with E-state index in [0.717, 1.165) is 18.4 Å². The Morgan fingerprint density at radius 1 is 1.45 bits per heavy atom. The Hall–Kier alpha value is -0.970. The van der Waals surface area contributed by atoms with E-state index in [1.165, 1.54) is 0 Å². The lowest BCUT2D eigenvalue weighted by atomic mass is 9.82. The van der Waals surface area contributed by atoms with E-state index in [2.05, 4.69) is 5.32 Å². The first-order valence-corrected chi connectivity index (χ1v) is 8.24. The Balaban J connectivity index is 1.80. The fraction of sp³-hybridized carbons (Fsp3) is 0.562. The second-order valence-corrected chi connectivity index (χ2v) is 7.01. The molecule has 0 radical (unpaired) electrons. The Morgan fingerprint density at radius 3 is 2.73 bits per heavy atom. The minimum Gasteiger partial charge on any atom is -0.393 e. The summed E-state index contributed by atoms with van der Waals surface area (Å²) in [5, 5.41) is 13.5. The topological polar surface area (TPSA) is 52.6 Å². The molecule has 122 valence electrons. The van der Waals surface area contributed by atoms with Crippen molar-refractivity contribution in [1.29, 1.82) is 0 Å². The number of nitrogens with zero attached hydrogens (tertiary/aromatic N) is 1. The van der Waals surface area contributed by atoms with Crippen molar-refractivity contribution in [2.45, 2.75) is 38.3 Å². The minimum absolute atomic E-state index is 0.0272. The molecule has 0 aromatic heterocycles. The van der Waals surface area contributed by atoms with Crippen LogP contribution in [0.5, 0.6) is 0 Å². The molecule has 0 aliphatic heterocycles. The second-order valence-electron chi connectivity index (χ2n) is 6.16. The Kier molecular flexibility index (Phi) is 5.95. The second kappa shape index (κ2) is 7.53. The first-order valence-electron chi connectivity index (χ1n) is 7.48. The number of carbonyl (C=O) groups excluding carboxylic acids is 1. The molecule has 1 saturated carbocycles. The maximum Gasteiger partial charge on any atom is 0.317 e. The van der Waals surface area contributed by atoms with E-state index in [1.54, 1.807) is 24.1 Å². The summed E-state index contributed by atoms with van der Waals surface area (Å²) in [5.41, 5.74) is 0.962. The van der Waals surface area contributed by atoms with E-state index >= 15 is 0 Å². The first kappa shape index (κ1) is 17.4. The lowest BCUT2D eigenvalue weighted by Gasteiger charge is -2.34. The van der Waals surface area contributed by atoms with Gasteiger partial charge in [-0.05, 0) is 49.8 Å². The van der Waals surface area contributed by atoms with E-state index in [0.29, 0.717) is 28.9 Å². The molecule has 4 nitrogen and oxygen atoms in total. The number of urea groups is 1. The predicted molar refractivity (Wildman–Crippen MR) is 89.5 cm³/mol. The van der Waals surface area contributed by atoms with Crippen molar-refractivity contribution >= 4 is 29.2 Å². The molecule has 1 fully saturated rings. The van der Waals surface area contributed by atoms with Gasteiger partial charge in [0.2, 0.25) is 0 Å². The molecule has 2 N–H and O–H groups in total. The van der Waals surface area contributed by atoms with E-state index in [1.807, 2.05) is 13.0 Å². The van der Waals surface area contributed by atoms with E-state index in [4.69, 9.17) is 23.2 Å². The third-order valence-corrected chi connectivity index (χ3v) is 4.59. The molecule has 2 rings (SSSR count). The van der Waals surface area contributed by atoms with Gasteiger partial charge in [0.05, 0.1) is 6.10 Å². The summed E-state index contributed by atoms with van der Waals surface area (Å²) < 4.78 is 0. The molecule has 0 saturated heterocycles. The molecule has 1 aliphatic rings. The van der Waals surface area contributed by atoms with Crippen molar-refractivity contribution < 1.29 is 9.90 Å². The van der Waals surface area contributed by atoms with Gasteiger partial charge in [-0.3, -0.25) is 0 Å². The summed E-state index contributed by atoms with van der Waals surface area (Å²) in [6.07, 6.45) is 2.03. The van der Waals surface area contributed by atoms with Gasteiger partial charge in [0.1, 0.15) is 0 Å². The van der Waals surface area contributed by atoms with Crippen LogP contribution in [0, 0.1) is 5.92 Å². The van der Waals surface area contributed by atoms with Crippen LogP contribution in [-0.4, -0.2) is 41.8 Å². The van der Waals surface area contributed by atoms with Crippen LogP contribution in [0.2, 0.25) is 10.0 Å². The third-order valence-electron chi connectivity index (χ3n) is 4.00. The number of halogens is 2. The molecule has 0 heterocycles. The zero-order valence-corrected chi connectivity index (χ0v) is 14.4. The molecule has 1 aromatic rings. The summed E-state index contributed by atoms with van der Waals surface area (Å²) in [5.74, 6) is 0.409. The highest BCUT2D eigenvalue weighted by Crippen LogP contribution is 2.27. The summed E-state index contributed by atoms with van der Waals surface area (Å²) in [6.45, 7) is 2.63. The SMILES string of the molecule is C[C@H](Cc1ccc(Cl)cc1Cl)NC(=O)N(C)CC1CC(O)C1. The van der Waals surface area contributed by atoms with Gasteiger partial charge >= 0.3 is 6.03 Å². The van der Waals surface area contributed by atoms with Crippen LogP contribution in [0.15, 0.2) is 18.2 Å². The molecule has 0 spiro atoms. The van der Waals surface area contributed by atoms with Crippen LogP contribution in [0.1, 0.15) is 25.3 Å². The number of rotatable bonds is 5. The van der Waals surface area contributed by atoms with Gasteiger partial charge in [-0.15, -0.1) is 0 Å². The fourth-order valence-corrected chi connectivity index (χ4v) is 3.19. The number of carbonyl (C=O) groups is 1. The van der Waals surface area contributed by atoms with Gasteiger partial charge in [-0.2, -0.15) is 0 Å². The molecule has 6 heteroatoms. The Morgan fingerprint density at radius 2 is 2.14 bits per heavy atom. The molecule has 1 atom stereocenters. The summed E-state index contributed by atoms with van der Waals surface area (Å²) >= 11 is 12.0. The number of nitrogens with one attached hydrogen (secondary N) is 1. The van der Waals surface area contributed by atoms with Crippen LogP contribution in [0.4, 0.5) is 4.79 Å². The highest BCUT2D eigenvalue weighted by molar-refractivity contribution is 6.35. The monoisotopic (exact) mass is 344 g/mol. The Bertz CT molecular complexity index is 533. The number of amides is 2. The first-order chi connectivity index (χ1) is 10.3. The third kappa shape index (κ3) is 4.77. The molecule has 22 heavy (non-hydrogen) atoms. The molecule has 1 aromatic carbocycles. The van der Waals surface area contributed by atoms with Crippen LogP contribution in [0.3, 0.4) is 0 Å². The van der Waals surface area contributed by atoms with Gasteiger partial charge in [0.15, 0.2) is 0 Å². The molecule has 0 bridgehead atoms. The average Bonchev–Trinajstić information content (AvgIpc) is 2.40. The Labute approximate surface area is 141 Å². The van der Waals surface area contributed by atoms with Gasteiger partial charge in [-0.25, -0.2) is 4.79 Å². The summed E-state index contributed by atoms with van der Waals surface area (Å²) in [4.78, 5) is 13.8. The van der Waals surface area contributed by atoms with Crippen LogP contribution in [-0.2, 0) is 6.42 Å². The number of hydrogen-bond donors (Lipinski definition) is 2. The number of benzene rings is 1. The van der Waals surface area contributed by atoms with Crippen LogP contribution >= 0.6 is 23.2 Å². The van der Waals surface area contributed by atoms with Crippen LogP contribution < -0.4 is 5.32 Å². The highest BCUT2D eigenvalue weighted by atomic mass is 35.5. The molecule has 1 aliphatic carbocycles. The minimum atomic E-state index is -0.188. The maximum absolute atomic E-state index is 12.1. The van der Waals surface area contributed by atoms with Crippen molar-refractivity contribution in [3.05, 3.63) is 33.8 Å². The number of hydrogen-bond acceptors (Lipinski definition) is 2. The van der Waals surface area contributed by atoms with Gasteiger partial charge in [-0.1, -0.05) is 29.3 Å². The van der Waals surface area contributed by atoms with Gasteiger partial charge in [0.25, 0.3) is 0 Å². The summed E-state index contributed by atoms with van der Waals surface area (Å²) in [6, 6.07) is 5.26. The average molecular weight is 345 g/mol. The van der Waals surface area contributed by atoms with Crippen molar-refractivity contribution in [2.24, 2.45) is 5.92 Å². The zero-order chi connectivity index (χ0) is 16.3. The fourth-order valence-electron chi connectivity index (χ4n) is 2.71. The van der Waals surface area contributed by atoms with Gasteiger partial charge < -0.3 is 15.3 Å². The van der Waals surface area contributed by atoms with Crippen molar-refractivity contribution in [3.8, 4) is 0 Å². The standard InChI is InChI=1S/C16H22Cl2N2O2/c1-10(5-12-3-4-13(17)8-15(12)18)19-16(22)20(2)9-11-6-14(21)7-11/h3-4,8,10-11,14,21H,5-7,9H2,1-2H3,(H,19,22)/t10-,11?,14?/m1/s1. The maximum atomic E-state index is 12.1. The number of aliphatic hydroxyl groups is 1. The lowest BCUT2D eigenvalue weighted by molar-refractivity contribution is 0.0324. The quantitative estimate of drug-likeness (QED) is 0.860. The molecule has 2 amide bonds. The largest absolute Gasteiger partial charge is 0.393 e. The van der Waals surface area contributed by atoms with E-state index < -0.39 is 0 Å². The molecular weight excluding hydrogens is 323 g/mol. The van der Waals surface area contributed by atoms with Crippen LogP contribution in [0.25, 0.3) is 0 Å². The summed E-state index contributed by atoms with van der Waals surface area (Å²) in [7, 11) is 1.78. The highest BCUT2D eigenvalue weighted by Gasteiger charge is 2.29. The van der Waals surface area contributed by atoms with E-state index in [-0.39, 0.29) is 18.2 Å². The smallest absolute Gasteiger partial charge is 0.317 e. The van der Waals surface area contributed by atoms with Crippen molar-refractivity contribution in [3.63, 3.8) is 0 Å². The molecular formula is C16H22Cl2N2O2. The van der Waals surface area contributed by atoms with E-state index in [9.17, 15) is 9.90 Å². The normalized spacial score (nSPS) is 21.9. The number of aliphatic hydroxyl groups excluding tert-OH is 1. The predicted octanol–water partition coefficient (Wildman–Crippen LogP) is 3.34. The zero-order valence-electron chi connectivity index (χ0n) is 12.9. The van der Waals surface area contributed by atoms with Crippen molar-refractivity contribution in [2.75, 3.05) is 13.6 Å². The van der Waals surface area contributed by atoms with Crippen molar-refractivity contribution in [1.82, 2.24) is 10.2 Å². The van der Waals surface area contributed by atoms with Gasteiger partial charge in [0, 0.05) is 29.7 Å².